The minimum atomic E-state index is -0.651. The number of ether oxygens (including phenoxy) is 2. The van der Waals surface area contributed by atoms with E-state index in [9.17, 15) is 8.78 Å². The topological polar surface area (TPSA) is 18.5 Å². The minimum Gasteiger partial charge on any atom is -0.494 e. The second-order valence-corrected chi connectivity index (χ2v) is 9.88. The van der Waals surface area contributed by atoms with E-state index >= 15 is 4.39 Å². The highest BCUT2D eigenvalue weighted by Gasteiger charge is 2.29. The van der Waals surface area contributed by atoms with Crippen molar-refractivity contribution in [1.29, 1.82) is 0 Å². The van der Waals surface area contributed by atoms with Gasteiger partial charge in [-0.3, -0.25) is 0 Å². The van der Waals surface area contributed by atoms with Crippen molar-refractivity contribution in [2.75, 3.05) is 13.2 Å². The Balaban J connectivity index is 1.32. The smallest absolute Gasteiger partial charge is 0.168 e. The summed E-state index contributed by atoms with van der Waals surface area (Å²) >= 11 is 0. The Bertz CT molecular complexity index is 929. The minimum absolute atomic E-state index is 0.0263. The van der Waals surface area contributed by atoms with Crippen molar-refractivity contribution in [3.63, 3.8) is 0 Å². The molecule has 2 aliphatic rings. The van der Waals surface area contributed by atoms with Gasteiger partial charge in [0.2, 0.25) is 0 Å². The van der Waals surface area contributed by atoms with Gasteiger partial charge in [-0.1, -0.05) is 31.9 Å². The summed E-state index contributed by atoms with van der Waals surface area (Å²) < 4.78 is 55.2. The molecule has 0 saturated heterocycles. The zero-order chi connectivity index (χ0) is 23.4. The van der Waals surface area contributed by atoms with E-state index in [1.165, 1.54) is 6.07 Å². The van der Waals surface area contributed by atoms with E-state index in [1.54, 1.807) is 12.1 Å². The molecule has 0 unspecified atom stereocenters. The summed E-state index contributed by atoms with van der Waals surface area (Å²) in [7, 11) is 0. The van der Waals surface area contributed by atoms with Crippen LogP contribution in [0.3, 0.4) is 0 Å². The van der Waals surface area contributed by atoms with Gasteiger partial charge in [0.25, 0.3) is 0 Å². The van der Waals surface area contributed by atoms with Gasteiger partial charge >= 0.3 is 0 Å². The maximum atomic E-state index is 15.0. The summed E-state index contributed by atoms with van der Waals surface area (Å²) in [6, 6.07) is 8.29. The molecule has 0 spiro atoms. The Kier molecular flexibility index (Phi) is 7.87. The largest absolute Gasteiger partial charge is 0.494 e. The van der Waals surface area contributed by atoms with Gasteiger partial charge in [0.1, 0.15) is 5.75 Å². The molecule has 0 aliphatic heterocycles. The van der Waals surface area contributed by atoms with E-state index in [2.05, 4.69) is 6.92 Å². The quantitative estimate of drug-likeness (QED) is 0.415. The zero-order valence-corrected chi connectivity index (χ0v) is 19.7. The molecule has 0 N–H and O–H groups in total. The first-order chi connectivity index (χ1) is 16.0. The van der Waals surface area contributed by atoms with E-state index in [0.717, 1.165) is 51.4 Å². The van der Waals surface area contributed by atoms with Crippen LogP contribution in [0.25, 0.3) is 0 Å². The SMILES string of the molecule is CCOc1ccc(OCC2CCC(c3ccc(C4CCC(C)CC4)c(F)c3F)CC2)c(F)c1. The Morgan fingerprint density at radius 1 is 0.758 bits per heavy atom. The Morgan fingerprint density at radius 3 is 1.88 bits per heavy atom. The molecule has 2 aliphatic carbocycles. The van der Waals surface area contributed by atoms with Crippen LogP contribution in [0.2, 0.25) is 0 Å². The molecule has 5 heteroatoms. The highest BCUT2D eigenvalue weighted by molar-refractivity contribution is 5.33. The van der Waals surface area contributed by atoms with Crippen LogP contribution in [-0.2, 0) is 0 Å². The average molecular weight is 461 g/mol. The highest BCUT2D eigenvalue weighted by atomic mass is 19.2. The van der Waals surface area contributed by atoms with Crippen molar-refractivity contribution in [3.05, 3.63) is 58.9 Å². The second kappa shape index (κ2) is 10.8. The van der Waals surface area contributed by atoms with E-state index in [0.29, 0.717) is 36.0 Å². The van der Waals surface area contributed by atoms with Crippen LogP contribution in [0, 0.1) is 29.3 Å². The first-order valence-corrected chi connectivity index (χ1v) is 12.5. The summed E-state index contributed by atoms with van der Waals surface area (Å²) in [5, 5.41) is 0. The van der Waals surface area contributed by atoms with Crippen molar-refractivity contribution in [3.8, 4) is 11.5 Å². The molecule has 2 fully saturated rings. The molecular formula is C28H35F3O2. The molecule has 33 heavy (non-hydrogen) atoms. The molecule has 2 saturated carbocycles. The lowest BCUT2D eigenvalue weighted by Gasteiger charge is -2.30. The number of benzene rings is 2. The summed E-state index contributed by atoms with van der Waals surface area (Å²) in [6.07, 6.45) is 7.33. The first kappa shape index (κ1) is 24.0. The number of halogens is 3. The molecule has 2 nitrogen and oxygen atoms in total. The summed E-state index contributed by atoms with van der Waals surface area (Å²) in [6.45, 7) is 4.99. The standard InChI is InChI=1S/C28H35F3O2/c1-3-32-22-12-15-26(25(29)16-22)33-17-19-6-10-21(11-7-19)24-14-13-23(27(30)28(24)31)20-8-4-18(2)5-9-20/h12-16,18-21H,3-11,17H2,1-2H3. The second-order valence-electron chi connectivity index (χ2n) is 9.88. The van der Waals surface area contributed by atoms with Crippen LogP contribution in [0.1, 0.15) is 88.2 Å². The van der Waals surface area contributed by atoms with Gasteiger partial charge in [0.15, 0.2) is 23.2 Å². The molecule has 0 radical (unpaired) electrons. The fourth-order valence-electron chi connectivity index (χ4n) is 5.48. The van der Waals surface area contributed by atoms with Crippen molar-refractivity contribution in [2.45, 2.75) is 77.0 Å². The normalized spacial score (nSPS) is 25.6. The maximum absolute atomic E-state index is 15.0. The summed E-state index contributed by atoms with van der Waals surface area (Å²) in [5.74, 6) is 0.120. The summed E-state index contributed by atoms with van der Waals surface area (Å²) in [4.78, 5) is 0. The molecule has 0 aromatic heterocycles. The molecule has 0 bridgehead atoms. The third-order valence-electron chi connectivity index (χ3n) is 7.57. The van der Waals surface area contributed by atoms with Gasteiger partial charge in [0, 0.05) is 6.07 Å². The Morgan fingerprint density at radius 2 is 1.33 bits per heavy atom. The Hall–Kier alpha value is -2.17. The molecule has 2 aromatic carbocycles. The Labute approximate surface area is 195 Å². The van der Waals surface area contributed by atoms with Crippen molar-refractivity contribution >= 4 is 0 Å². The highest BCUT2D eigenvalue weighted by Crippen LogP contribution is 2.41. The number of hydrogen-bond acceptors (Lipinski definition) is 2. The molecule has 180 valence electrons. The van der Waals surface area contributed by atoms with Crippen LogP contribution in [-0.4, -0.2) is 13.2 Å². The van der Waals surface area contributed by atoms with Gasteiger partial charge in [-0.25, -0.2) is 13.2 Å². The lowest BCUT2D eigenvalue weighted by atomic mass is 9.76. The number of rotatable bonds is 7. The molecular weight excluding hydrogens is 425 g/mol. The van der Waals surface area contributed by atoms with E-state index < -0.39 is 17.5 Å². The molecule has 2 aromatic rings. The molecule has 4 rings (SSSR count). The predicted molar refractivity (Wildman–Crippen MR) is 124 cm³/mol. The van der Waals surface area contributed by atoms with E-state index in [-0.39, 0.29) is 23.5 Å². The van der Waals surface area contributed by atoms with Gasteiger partial charge < -0.3 is 9.47 Å². The summed E-state index contributed by atoms with van der Waals surface area (Å²) in [5.41, 5.74) is 1.07. The van der Waals surface area contributed by atoms with E-state index in [4.69, 9.17) is 9.47 Å². The predicted octanol–water partition coefficient (Wildman–Crippen LogP) is 8.15. The molecule has 0 heterocycles. The van der Waals surface area contributed by atoms with Crippen molar-refractivity contribution in [1.82, 2.24) is 0 Å². The monoisotopic (exact) mass is 460 g/mol. The molecule has 0 atom stereocenters. The fraction of sp³-hybridized carbons (Fsp3) is 0.571. The third kappa shape index (κ3) is 5.67. The average Bonchev–Trinajstić information content (AvgIpc) is 2.82. The first-order valence-electron chi connectivity index (χ1n) is 12.5. The molecule has 0 amide bonds. The van der Waals surface area contributed by atoms with Crippen LogP contribution >= 0.6 is 0 Å². The lowest BCUT2D eigenvalue weighted by molar-refractivity contribution is 0.193. The number of hydrogen-bond donors (Lipinski definition) is 0. The van der Waals surface area contributed by atoms with Crippen LogP contribution in [0.4, 0.5) is 13.2 Å². The third-order valence-corrected chi connectivity index (χ3v) is 7.57. The van der Waals surface area contributed by atoms with E-state index in [1.807, 2.05) is 19.1 Å². The van der Waals surface area contributed by atoms with Gasteiger partial charge in [0.05, 0.1) is 13.2 Å². The van der Waals surface area contributed by atoms with Gasteiger partial charge in [-0.15, -0.1) is 0 Å². The van der Waals surface area contributed by atoms with Crippen LogP contribution in [0.5, 0.6) is 11.5 Å². The van der Waals surface area contributed by atoms with Crippen LogP contribution in [0.15, 0.2) is 30.3 Å². The maximum Gasteiger partial charge on any atom is 0.168 e. The zero-order valence-electron chi connectivity index (χ0n) is 19.7. The van der Waals surface area contributed by atoms with Gasteiger partial charge in [-0.2, -0.15) is 0 Å². The lowest BCUT2D eigenvalue weighted by Crippen LogP contribution is -2.20. The fourth-order valence-corrected chi connectivity index (χ4v) is 5.48. The van der Waals surface area contributed by atoms with Gasteiger partial charge in [-0.05, 0) is 92.4 Å². The van der Waals surface area contributed by atoms with Crippen LogP contribution < -0.4 is 9.47 Å². The van der Waals surface area contributed by atoms with Crippen molar-refractivity contribution in [2.24, 2.45) is 11.8 Å². The van der Waals surface area contributed by atoms with Crippen molar-refractivity contribution < 1.29 is 22.6 Å².